The van der Waals surface area contributed by atoms with Crippen LogP contribution in [0.25, 0.3) is 10.9 Å². The highest BCUT2D eigenvalue weighted by Gasteiger charge is 2.11. The van der Waals surface area contributed by atoms with Crippen molar-refractivity contribution in [3.8, 4) is 17.2 Å². The number of anilines is 2. The van der Waals surface area contributed by atoms with Gasteiger partial charge in [-0.3, -0.25) is 0 Å². The Morgan fingerprint density at radius 2 is 1.52 bits per heavy atom. The third-order valence-electron chi connectivity index (χ3n) is 3.49. The monoisotopic (exact) mass is 311 g/mol. The van der Waals surface area contributed by atoms with E-state index in [1.54, 1.807) is 21.3 Å². The molecule has 1 aromatic heterocycles. The number of aromatic nitrogens is 2. The number of nitrogens with zero attached hydrogens (tertiary/aromatic N) is 2. The van der Waals surface area contributed by atoms with E-state index in [0.29, 0.717) is 17.3 Å². The fourth-order valence-electron chi connectivity index (χ4n) is 2.29. The molecule has 0 saturated carbocycles. The van der Waals surface area contributed by atoms with Gasteiger partial charge in [0.05, 0.1) is 26.8 Å². The highest BCUT2D eigenvalue weighted by molar-refractivity contribution is 5.93. The molecule has 0 aliphatic rings. The molecule has 0 amide bonds. The third kappa shape index (κ3) is 2.96. The molecule has 0 aliphatic carbocycles. The van der Waals surface area contributed by atoms with Crippen molar-refractivity contribution in [2.24, 2.45) is 0 Å². The van der Waals surface area contributed by atoms with Crippen LogP contribution in [0.4, 0.5) is 11.5 Å². The van der Waals surface area contributed by atoms with Crippen LogP contribution in [0.3, 0.4) is 0 Å². The Morgan fingerprint density at radius 1 is 0.826 bits per heavy atom. The Bertz CT molecular complexity index is 819. The Morgan fingerprint density at radius 3 is 2.17 bits per heavy atom. The number of benzene rings is 2. The van der Waals surface area contributed by atoms with Crippen LogP contribution in [-0.4, -0.2) is 31.3 Å². The molecule has 0 spiro atoms. The minimum Gasteiger partial charge on any atom is -0.497 e. The summed E-state index contributed by atoms with van der Waals surface area (Å²) in [5.41, 5.74) is 1.68. The quantitative estimate of drug-likeness (QED) is 0.779. The number of fused-ring (bicyclic) bond motifs is 1. The fraction of sp³-hybridized carbons (Fsp3) is 0.176. The first-order chi connectivity index (χ1) is 11.2. The first-order valence-electron chi connectivity index (χ1n) is 7.03. The Hall–Kier alpha value is -3.02. The van der Waals surface area contributed by atoms with E-state index in [9.17, 15) is 0 Å². The molecule has 23 heavy (non-hydrogen) atoms. The Balaban J connectivity index is 2.02. The summed E-state index contributed by atoms with van der Waals surface area (Å²) in [4.78, 5) is 8.61. The van der Waals surface area contributed by atoms with Gasteiger partial charge in [0.25, 0.3) is 0 Å². The van der Waals surface area contributed by atoms with Gasteiger partial charge in [-0.15, -0.1) is 0 Å². The zero-order valence-corrected chi connectivity index (χ0v) is 13.2. The van der Waals surface area contributed by atoms with E-state index in [1.807, 2.05) is 36.4 Å². The van der Waals surface area contributed by atoms with E-state index in [-0.39, 0.29) is 0 Å². The van der Waals surface area contributed by atoms with Crippen molar-refractivity contribution in [3.05, 3.63) is 42.7 Å². The largest absolute Gasteiger partial charge is 0.497 e. The van der Waals surface area contributed by atoms with E-state index in [4.69, 9.17) is 14.2 Å². The number of nitrogens with one attached hydrogen (secondary N) is 1. The van der Waals surface area contributed by atoms with Crippen LogP contribution >= 0.6 is 0 Å². The van der Waals surface area contributed by atoms with Crippen LogP contribution in [0.2, 0.25) is 0 Å². The minimum atomic E-state index is 0.632. The summed E-state index contributed by atoms with van der Waals surface area (Å²) >= 11 is 0. The van der Waals surface area contributed by atoms with Crippen molar-refractivity contribution in [3.63, 3.8) is 0 Å². The first-order valence-corrected chi connectivity index (χ1v) is 7.03. The van der Waals surface area contributed by atoms with Gasteiger partial charge in [0.2, 0.25) is 0 Å². The summed E-state index contributed by atoms with van der Waals surface area (Å²) in [6, 6.07) is 11.3. The molecule has 0 bridgehead atoms. The molecule has 3 rings (SSSR count). The van der Waals surface area contributed by atoms with Crippen LogP contribution < -0.4 is 19.5 Å². The highest BCUT2D eigenvalue weighted by atomic mass is 16.5. The Kier molecular flexibility index (Phi) is 4.14. The Labute approximate surface area is 134 Å². The second-order valence-electron chi connectivity index (χ2n) is 4.80. The van der Waals surface area contributed by atoms with Gasteiger partial charge in [-0.1, -0.05) is 0 Å². The molecule has 6 nitrogen and oxygen atoms in total. The summed E-state index contributed by atoms with van der Waals surface area (Å²) in [6.07, 6.45) is 1.51. The molecule has 0 fully saturated rings. The summed E-state index contributed by atoms with van der Waals surface area (Å²) in [7, 11) is 4.84. The maximum Gasteiger partial charge on any atom is 0.162 e. The number of ether oxygens (including phenoxy) is 3. The second-order valence-corrected chi connectivity index (χ2v) is 4.80. The maximum absolute atomic E-state index is 5.35. The molecule has 2 aromatic carbocycles. The molecule has 0 saturated heterocycles. The normalized spacial score (nSPS) is 10.4. The van der Waals surface area contributed by atoms with E-state index in [2.05, 4.69) is 15.3 Å². The summed E-state index contributed by atoms with van der Waals surface area (Å²) in [5.74, 6) is 2.76. The van der Waals surface area contributed by atoms with Gasteiger partial charge in [-0.05, 0) is 30.3 Å². The van der Waals surface area contributed by atoms with Gasteiger partial charge >= 0.3 is 0 Å². The topological polar surface area (TPSA) is 65.5 Å². The number of hydrogen-bond donors (Lipinski definition) is 1. The molecule has 1 N–H and O–H groups in total. The van der Waals surface area contributed by atoms with Gasteiger partial charge in [-0.25, -0.2) is 9.97 Å². The lowest BCUT2D eigenvalue weighted by Gasteiger charge is -2.12. The summed E-state index contributed by atoms with van der Waals surface area (Å²) in [6.45, 7) is 0. The van der Waals surface area contributed by atoms with Crippen molar-refractivity contribution in [1.29, 1.82) is 0 Å². The average Bonchev–Trinajstić information content (AvgIpc) is 2.61. The first kappa shape index (κ1) is 14.9. The zero-order valence-electron chi connectivity index (χ0n) is 13.2. The van der Waals surface area contributed by atoms with Crippen LogP contribution in [0, 0.1) is 0 Å². The smallest absolute Gasteiger partial charge is 0.162 e. The van der Waals surface area contributed by atoms with Crippen LogP contribution in [0.15, 0.2) is 42.7 Å². The molecule has 6 heteroatoms. The molecule has 0 unspecified atom stereocenters. The molecule has 3 aromatic rings. The molecule has 0 aliphatic heterocycles. The third-order valence-corrected chi connectivity index (χ3v) is 3.49. The van der Waals surface area contributed by atoms with E-state index in [1.165, 1.54) is 6.33 Å². The predicted octanol–water partition coefficient (Wildman–Crippen LogP) is 3.40. The number of hydrogen-bond acceptors (Lipinski definition) is 6. The summed E-state index contributed by atoms with van der Waals surface area (Å²) < 4.78 is 15.8. The summed E-state index contributed by atoms with van der Waals surface area (Å²) in [5, 5.41) is 4.13. The lowest BCUT2D eigenvalue weighted by Crippen LogP contribution is -1.98. The van der Waals surface area contributed by atoms with E-state index in [0.717, 1.165) is 22.3 Å². The van der Waals surface area contributed by atoms with Gasteiger partial charge in [0, 0.05) is 17.1 Å². The molecule has 1 heterocycles. The van der Waals surface area contributed by atoms with Gasteiger partial charge in [-0.2, -0.15) is 0 Å². The van der Waals surface area contributed by atoms with Crippen molar-refractivity contribution >= 4 is 22.4 Å². The maximum atomic E-state index is 5.35. The fourth-order valence-corrected chi connectivity index (χ4v) is 2.29. The molecule has 118 valence electrons. The molecule has 0 atom stereocenters. The SMILES string of the molecule is COc1ccc(Nc2ncnc3cc(OC)c(OC)cc23)cc1. The van der Waals surface area contributed by atoms with E-state index >= 15 is 0 Å². The van der Waals surface area contributed by atoms with Crippen molar-refractivity contribution in [1.82, 2.24) is 9.97 Å². The second kappa shape index (κ2) is 6.39. The molecular weight excluding hydrogens is 294 g/mol. The van der Waals surface area contributed by atoms with Gasteiger partial charge < -0.3 is 19.5 Å². The van der Waals surface area contributed by atoms with Gasteiger partial charge in [0.1, 0.15) is 17.9 Å². The average molecular weight is 311 g/mol. The lowest BCUT2D eigenvalue weighted by molar-refractivity contribution is 0.356. The van der Waals surface area contributed by atoms with Crippen LogP contribution in [0.5, 0.6) is 17.2 Å². The van der Waals surface area contributed by atoms with E-state index < -0.39 is 0 Å². The predicted molar refractivity (Wildman–Crippen MR) is 88.9 cm³/mol. The van der Waals surface area contributed by atoms with Crippen LogP contribution in [-0.2, 0) is 0 Å². The van der Waals surface area contributed by atoms with Crippen molar-refractivity contribution in [2.45, 2.75) is 0 Å². The molecule has 0 radical (unpaired) electrons. The van der Waals surface area contributed by atoms with Crippen molar-refractivity contribution in [2.75, 3.05) is 26.6 Å². The van der Waals surface area contributed by atoms with Gasteiger partial charge in [0.15, 0.2) is 11.5 Å². The number of rotatable bonds is 5. The minimum absolute atomic E-state index is 0.632. The highest BCUT2D eigenvalue weighted by Crippen LogP contribution is 2.34. The van der Waals surface area contributed by atoms with Crippen LogP contribution in [0.1, 0.15) is 0 Å². The molecular formula is C17H17N3O3. The van der Waals surface area contributed by atoms with Crippen molar-refractivity contribution < 1.29 is 14.2 Å². The lowest BCUT2D eigenvalue weighted by atomic mass is 10.2. The standard InChI is InChI=1S/C17H17N3O3/c1-21-12-6-4-11(5-7-12)20-17-13-8-15(22-2)16(23-3)9-14(13)18-10-19-17/h4-10H,1-3H3,(H,18,19,20). The number of methoxy groups -OCH3 is 3. The zero-order chi connectivity index (χ0) is 16.2.